The van der Waals surface area contributed by atoms with E-state index in [1.54, 1.807) is 43.5 Å². The second-order valence-electron chi connectivity index (χ2n) is 13.7. The van der Waals surface area contributed by atoms with Crippen molar-refractivity contribution < 1.29 is 18.7 Å². The van der Waals surface area contributed by atoms with Gasteiger partial charge in [-0.15, -0.1) is 0 Å². The van der Waals surface area contributed by atoms with Crippen LogP contribution in [0.4, 0.5) is 27.9 Å². The van der Waals surface area contributed by atoms with E-state index in [1.807, 2.05) is 35.2 Å². The van der Waals surface area contributed by atoms with E-state index in [0.717, 1.165) is 16.1 Å². The lowest BCUT2D eigenvalue weighted by atomic mass is 10.1. The summed E-state index contributed by atoms with van der Waals surface area (Å²) in [5.74, 6) is 1.94. The molecule has 7 aromatic rings. The SMILES string of the molecule is COc1ccc(OC(C(=O)N2CCN(c3nc(N)nc4sc(-c5ccccc5)nc34)CC2)[N+]2(c3nc(N)nc4sc(-c5ccc(F)cc5)nc34)CCNCC2)cc1. The van der Waals surface area contributed by atoms with Crippen LogP contribution in [0, 0.1) is 5.82 Å². The Morgan fingerprint density at radius 3 is 2.02 bits per heavy atom. The lowest BCUT2D eigenvalue weighted by molar-refractivity contribution is -0.148. The maximum atomic E-state index is 15.2. The van der Waals surface area contributed by atoms with E-state index in [1.165, 1.54) is 34.8 Å². The van der Waals surface area contributed by atoms with Crippen molar-refractivity contribution >= 4 is 72.8 Å². The summed E-state index contributed by atoms with van der Waals surface area (Å²) >= 11 is 2.80. The number of methoxy groups -OCH3 is 1. The monoisotopic (exact) mass is 805 g/mol. The molecule has 2 aliphatic rings. The van der Waals surface area contributed by atoms with Crippen LogP contribution in [-0.4, -0.2) is 106 Å². The number of piperazine rings is 2. The van der Waals surface area contributed by atoms with E-state index in [2.05, 4.69) is 25.2 Å². The highest BCUT2D eigenvalue weighted by atomic mass is 32.1. The van der Waals surface area contributed by atoms with Gasteiger partial charge in [-0.3, -0.25) is 4.79 Å². The van der Waals surface area contributed by atoms with Crippen molar-refractivity contribution in [3.63, 3.8) is 0 Å². The lowest BCUT2D eigenvalue weighted by Crippen LogP contribution is -2.71. The fourth-order valence-electron chi connectivity index (χ4n) is 7.39. The Morgan fingerprint density at radius 2 is 1.35 bits per heavy atom. The number of hydrogen-bond donors (Lipinski definition) is 3. The van der Waals surface area contributed by atoms with Gasteiger partial charge in [0.25, 0.3) is 5.82 Å². The average Bonchev–Trinajstić information content (AvgIpc) is 3.88. The van der Waals surface area contributed by atoms with Crippen molar-refractivity contribution in [2.24, 2.45) is 0 Å². The number of anilines is 3. The van der Waals surface area contributed by atoms with Crippen molar-refractivity contribution in [2.75, 3.05) is 75.8 Å². The van der Waals surface area contributed by atoms with E-state index in [-0.39, 0.29) is 28.1 Å². The van der Waals surface area contributed by atoms with Crippen molar-refractivity contribution in [1.29, 1.82) is 0 Å². The van der Waals surface area contributed by atoms with Crippen LogP contribution in [0.1, 0.15) is 0 Å². The molecule has 2 saturated heterocycles. The average molecular weight is 806 g/mol. The summed E-state index contributed by atoms with van der Waals surface area (Å²) in [6.07, 6.45) is -1.08. The Bertz CT molecular complexity index is 2560. The van der Waals surface area contributed by atoms with Gasteiger partial charge in [0.05, 0.1) is 7.11 Å². The predicted octanol–water partition coefficient (Wildman–Crippen LogP) is 4.80. The maximum absolute atomic E-state index is 15.2. The number of aromatic nitrogens is 6. The molecule has 4 aromatic heterocycles. The molecule has 3 aromatic carbocycles. The van der Waals surface area contributed by atoms with E-state index in [0.29, 0.717) is 101 Å². The van der Waals surface area contributed by atoms with E-state index in [9.17, 15) is 4.39 Å². The first-order valence-electron chi connectivity index (χ1n) is 18.4. The predicted molar refractivity (Wildman–Crippen MR) is 221 cm³/mol. The molecule has 2 fully saturated rings. The van der Waals surface area contributed by atoms with Gasteiger partial charge in [-0.2, -0.15) is 15.0 Å². The normalized spacial score (nSPS) is 16.2. The number of ether oxygens (including phenoxy) is 2. The first kappa shape index (κ1) is 36.6. The van der Waals surface area contributed by atoms with E-state index >= 15 is 4.79 Å². The number of rotatable bonds is 9. The van der Waals surface area contributed by atoms with Crippen LogP contribution in [0.2, 0.25) is 0 Å². The summed E-state index contributed by atoms with van der Waals surface area (Å²) in [7, 11) is 1.60. The second-order valence-corrected chi connectivity index (χ2v) is 15.7. The molecule has 9 rings (SSSR count). The number of nitrogen functional groups attached to an aromatic ring is 2. The number of quaternary nitrogens is 1. The van der Waals surface area contributed by atoms with Crippen LogP contribution in [0.15, 0.2) is 78.9 Å². The number of hydrogen-bond acceptors (Lipinski definition) is 15. The summed E-state index contributed by atoms with van der Waals surface area (Å²) < 4.78 is 26.1. The van der Waals surface area contributed by atoms with Gasteiger partial charge in [0.1, 0.15) is 45.9 Å². The van der Waals surface area contributed by atoms with Gasteiger partial charge in [-0.1, -0.05) is 53.0 Å². The number of nitrogens with zero attached hydrogens (tertiary/aromatic N) is 9. The van der Waals surface area contributed by atoms with Gasteiger partial charge in [0.15, 0.2) is 21.0 Å². The van der Waals surface area contributed by atoms with Gasteiger partial charge in [-0.05, 0) is 48.5 Å². The molecule has 290 valence electrons. The Balaban J connectivity index is 1.07. The van der Waals surface area contributed by atoms with Gasteiger partial charge in [0, 0.05) is 50.4 Å². The summed E-state index contributed by atoms with van der Waals surface area (Å²) in [5.41, 5.74) is 15.5. The smallest absolute Gasteiger partial charge is 0.323 e. The molecule has 57 heavy (non-hydrogen) atoms. The fraction of sp³-hybridized carbons (Fsp3) is 0.256. The molecular weight excluding hydrogens is 768 g/mol. The molecule has 1 amide bonds. The van der Waals surface area contributed by atoms with Gasteiger partial charge in [-0.25, -0.2) is 23.8 Å². The zero-order chi connectivity index (χ0) is 39.1. The first-order valence-corrected chi connectivity index (χ1v) is 20.0. The third-order valence-electron chi connectivity index (χ3n) is 10.3. The zero-order valence-electron chi connectivity index (χ0n) is 30.8. The van der Waals surface area contributed by atoms with Crippen LogP contribution >= 0.6 is 22.7 Å². The van der Waals surface area contributed by atoms with Crippen LogP contribution in [0.3, 0.4) is 0 Å². The molecule has 1 unspecified atom stereocenters. The zero-order valence-corrected chi connectivity index (χ0v) is 32.5. The molecule has 0 saturated carbocycles. The number of carbonyl (C=O) groups excluding carboxylic acids is 1. The summed E-state index contributed by atoms with van der Waals surface area (Å²) in [6.45, 7) is 3.77. The summed E-state index contributed by atoms with van der Waals surface area (Å²) in [6, 6.07) is 23.2. The lowest BCUT2D eigenvalue weighted by Gasteiger charge is -2.46. The molecular formula is C39H38FN12O3S2+. The molecule has 2 aliphatic heterocycles. The maximum Gasteiger partial charge on any atom is 0.323 e. The van der Waals surface area contributed by atoms with Crippen LogP contribution in [-0.2, 0) is 4.79 Å². The van der Waals surface area contributed by atoms with Crippen molar-refractivity contribution in [3.8, 4) is 32.6 Å². The number of nitrogens with one attached hydrogen (secondary N) is 1. The Kier molecular flexibility index (Phi) is 9.69. The van der Waals surface area contributed by atoms with Gasteiger partial charge < -0.3 is 36.1 Å². The largest absolute Gasteiger partial charge is 0.497 e. The van der Waals surface area contributed by atoms with Gasteiger partial charge >= 0.3 is 12.1 Å². The summed E-state index contributed by atoms with van der Waals surface area (Å²) in [4.78, 5) is 48.8. The third-order valence-corrected chi connectivity index (χ3v) is 12.3. The van der Waals surface area contributed by atoms with Gasteiger partial charge in [0.2, 0.25) is 11.9 Å². The first-order chi connectivity index (χ1) is 27.8. The molecule has 15 nitrogen and oxygen atoms in total. The number of thiazole rings is 2. The Labute approximate surface area is 334 Å². The minimum atomic E-state index is -1.08. The van der Waals surface area contributed by atoms with Crippen molar-refractivity contribution in [2.45, 2.75) is 6.23 Å². The molecule has 5 N–H and O–H groups in total. The second kappa shape index (κ2) is 15.1. The van der Waals surface area contributed by atoms with E-state index < -0.39 is 6.23 Å². The number of fused-ring (bicyclic) bond motifs is 2. The third kappa shape index (κ3) is 7.01. The molecule has 0 spiro atoms. The Morgan fingerprint density at radius 1 is 0.754 bits per heavy atom. The number of amides is 1. The fourth-order valence-corrected chi connectivity index (χ4v) is 9.28. The standard InChI is InChI=1S/C39H38FN12O3S2/c1-54-26-11-13-27(14-12-26)55-37(52(21-15-43-16-22-52)31-29-35(49-39(42)47-31)57-33(45-29)24-7-9-25(40)10-8-24)36(53)51-19-17-50(18-20-51)30-28-34(48-38(41)46-30)56-32(44-28)23-5-3-2-4-6-23/h2-14,37,43H,15-22H2,1H3,(H2,41,46,48)(H2,42,47,49)/q+1. The number of halogens is 1. The van der Waals surface area contributed by atoms with Crippen molar-refractivity contribution in [1.82, 2.24) is 44.6 Å². The van der Waals surface area contributed by atoms with E-state index in [4.69, 9.17) is 35.9 Å². The quantitative estimate of drug-likeness (QED) is 0.170. The number of nitrogens with two attached hydrogens (primary N) is 2. The molecule has 0 aliphatic carbocycles. The molecule has 0 radical (unpaired) electrons. The van der Waals surface area contributed by atoms with Crippen molar-refractivity contribution in [3.05, 3.63) is 84.7 Å². The highest BCUT2D eigenvalue weighted by Crippen LogP contribution is 2.40. The summed E-state index contributed by atoms with van der Waals surface area (Å²) in [5, 5.41) is 4.90. The minimum Gasteiger partial charge on any atom is -0.497 e. The Hall–Kier alpha value is -6.08. The highest BCUT2D eigenvalue weighted by Gasteiger charge is 2.51. The molecule has 0 bridgehead atoms. The number of benzene rings is 3. The molecule has 1 atom stereocenters. The topological polar surface area (TPSA) is 183 Å². The van der Waals surface area contributed by atoms with Crippen LogP contribution in [0.5, 0.6) is 11.5 Å². The van der Waals surface area contributed by atoms with Crippen LogP contribution in [0.25, 0.3) is 41.8 Å². The van der Waals surface area contributed by atoms with Crippen LogP contribution < -0.4 is 35.6 Å². The number of carbonyl (C=O) groups is 1. The molecule has 18 heteroatoms. The highest BCUT2D eigenvalue weighted by molar-refractivity contribution is 7.21. The molecule has 6 heterocycles. The minimum absolute atomic E-state index is 0.0119.